The van der Waals surface area contributed by atoms with Gasteiger partial charge >= 0.3 is 0 Å². The van der Waals surface area contributed by atoms with Crippen molar-refractivity contribution in [2.45, 2.75) is 13.5 Å². The first kappa shape index (κ1) is 11.7. The van der Waals surface area contributed by atoms with Crippen LogP contribution in [-0.4, -0.2) is 27.3 Å². The number of carbonyl (C=O) groups excluding carboxylic acids is 1. The van der Waals surface area contributed by atoms with Crippen LogP contribution in [0.2, 0.25) is 5.15 Å². The molecular formula is C10H11ClN4O2. The van der Waals surface area contributed by atoms with Gasteiger partial charge in [-0.1, -0.05) is 11.6 Å². The Morgan fingerprint density at radius 3 is 3.06 bits per heavy atom. The Labute approximate surface area is 102 Å². The van der Waals surface area contributed by atoms with E-state index in [9.17, 15) is 4.79 Å². The molecule has 0 saturated heterocycles. The molecular weight excluding hydrogens is 244 g/mol. The van der Waals surface area contributed by atoms with Crippen molar-refractivity contribution in [1.29, 1.82) is 0 Å². The lowest BCUT2D eigenvalue weighted by molar-refractivity contribution is -0.118. The number of ether oxygens (including phenoxy) is 1. The van der Waals surface area contributed by atoms with Crippen LogP contribution in [0.3, 0.4) is 0 Å². The molecule has 1 amide bonds. The molecule has 0 fully saturated rings. The largest absolute Gasteiger partial charge is 0.477 e. The first-order valence-electron chi connectivity index (χ1n) is 5.05. The van der Waals surface area contributed by atoms with E-state index in [2.05, 4.69) is 10.1 Å². The highest BCUT2D eigenvalue weighted by Gasteiger charge is 2.12. The fraction of sp³-hybridized carbons (Fsp3) is 0.300. The molecule has 0 bridgehead atoms. The molecule has 2 aromatic heterocycles. The van der Waals surface area contributed by atoms with Crippen LogP contribution in [0.15, 0.2) is 12.3 Å². The Kier molecular flexibility index (Phi) is 3.14. The highest BCUT2D eigenvalue weighted by Crippen LogP contribution is 2.26. The van der Waals surface area contributed by atoms with Crippen molar-refractivity contribution in [3.05, 3.63) is 17.4 Å². The van der Waals surface area contributed by atoms with Crippen LogP contribution in [0, 0.1) is 0 Å². The smallest absolute Gasteiger partial charge is 0.239 e. The maximum absolute atomic E-state index is 10.9. The third-order valence-corrected chi connectivity index (χ3v) is 2.36. The van der Waals surface area contributed by atoms with Crippen LogP contribution in [0.5, 0.6) is 5.88 Å². The Bertz CT molecular complexity index is 567. The predicted molar refractivity (Wildman–Crippen MR) is 62.9 cm³/mol. The van der Waals surface area contributed by atoms with Gasteiger partial charge in [0.15, 0.2) is 0 Å². The van der Waals surface area contributed by atoms with Gasteiger partial charge in [-0.2, -0.15) is 5.10 Å². The molecule has 0 atom stereocenters. The molecule has 2 N–H and O–H groups in total. The lowest BCUT2D eigenvalue weighted by atomic mass is 10.3. The van der Waals surface area contributed by atoms with Gasteiger partial charge < -0.3 is 10.5 Å². The average molecular weight is 255 g/mol. The highest BCUT2D eigenvalue weighted by atomic mass is 35.5. The van der Waals surface area contributed by atoms with E-state index in [0.717, 1.165) is 0 Å². The second-order valence-corrected chi connectivity index (χ2v) is 3.77. The summed E-state index contributed by atoms with van der Waals surface area (Å²) < 4.78 is 6.82. The van der Waals surface area contributed by atoms with E-state index in [1.165, 1.54) is 4.68 Å². The minimum absolute atomic E-state index is 0.00456. The number of pyridine rings is 1. The molecule has 0 aliphatic carbocycles. The van der Waals surface area contributed by atoms with Crippen molar-refractivity contribution in [2.75, 3.05) is 6.61 Å². The van der Waals surface area contributed by atoms with Crippen LogP contribution in [0.25, 0.3) is 10.9 Å². The molecule has 0 aromatic carbocycles. The summed E-state index contributed by atoms with van der Waals surface area (Å²) in [4.78, 5) is 14.9. The van der Waals surface area contributed by atoms with E-state index in [1.54, 1.807) is 12.3 Å². The molecule has 2 rings (SSSR count). The zero-order valence-electron chi connectivity index (χ0n) is 9.18. The minimum Gasteiger partial charge on any atom is -0.477 e. The molecule has 90 valence electrons. The predicted octanol–water partition coefficient (Wildman–Crippen LogP) is 0.969. The molecule has 6 nitrogen and oxygen atoms in total. The van der Waals surface area contributed by atoms with E-state index in [0.29, 0.717) is 23.4 Å². The van der Waals surface area contributed by atoms with Crippen molar-refractivity contribution in [2.24, 2.45) is 5.73 Å². The van der Waals surface area contributed by atoms with Gasteiger partial charge in [0.25, 0.3) is 0 Å². The summed E-state index contributed by atoms with van der Waals surface area (Å²) >= 11 is 5.88. The zero-order valence-corrected chi connectivity index (χ0v) is 9.94. The number of halogens is 1. The molecule has 2 aromatic rings. The lowest BCUT2D eigenvalue weighted by Gasteiger charge is -2.05. The average Bonchev–Trinajstić information content (AvgIpc) is 2.61. The maximum atomic E-state index is 10.9. The topological polar surface area (TPSA) is 83.0 Å². The zero-order chi connectivity index (χ0) is 12.4. The molecule has 2 heterocycles. The number of nitrogens with two attached hydrogens (primary N) is 1. The molecule has 17 heavy (non-hydrogen) atoms. The molecule has 0 aliphatic rings. The molecule has 0 spiro atoms. The van der Waals surface area contributed by atoms with Crippen LogP contribution >= 0.6 is 11.6 Å². The standard InChI is InChI=1S/C10H11ClN4O2/c1-2-17-10-6-4-13-15(5-9(12)16)7(6)3-8(11)14-10/h3-4H,2,5H2,1H3,(H2,12,16). The normalized spacial score (nSPS) is 10.7. The van der Waals surface area contributed by atoms with Crippen molar-refractivity contribution in [3.63, 3.8) is 0 Å². The molecule has 0 saturated carbocycles. The van der Waals surface area contributed by atoms with Gasteiger partial charge in [0, 0.05) is 6.07 Å². The number of fused-ring (bicyclic) bond motifs is 1. The Morgan fingerprint density at radius 2 is 2.41 bits per heavy atom. The summed E-state index contributed by atoms with van der Waals surface area (Å²) in [5, 5.41) is 5.05. The summed E-state index contributed by atoms with van der Waals surface area (Å²) in [5.74, 6) is -0.0633. The van der Waals surface area contributed by atoms with Crippen LogP contribution in [0.4, 0.5) is 0 Å². The van der Waals surface area contributed by atoms with Gasteiger partial charge in [-0.3, -0.25) is 9.48 Å². The Hall–Kier alpha value is -1.82. The number of hydrogen-bond acceptors (Lipinski definition) is 4. The monoisotopic (exact) mass is 254 g/mol. The molecule has 7 heteroatoms. The quantitative estimate of drug-likeness (QED) is 0.824. The number of aromatic nitrogens is 3. The fourth-order valence-corrected chi connectivity index (χ4v) is 1.71. The summed E-state index contributed by atoms with van der Waals surface area (Å²) in [7, 11) is 0. The number of hydrogen-bond donors (Lipinski definition) is 1. The lowest BCUT2D eigenvalue weighted by Crippen LogP contribution is -2.19. The van der Waals surface area contributed by atoms with Gasteiger partial charge in [0.2, 0.25) is 11.8 Å². The third-order valence-electron chi connectivity index (χ3n) is 2.16. The van der Waals surface area contributed by atoms with Crippen LogP contribution in [-0.2, 0) is 11.3 Å². The van der Waals surface area contributed by atoms with Gasteiger partial charge in [-0.25, -0.2) is 4.98 Å². The second kappa shape index (κ2) is 4.58. The SMILES string of the molecule is CCOc1nc(Cl)cc2c1cnn2CC(N)=O. The van der Waals surface area contributed by atoms with Crippen molar-refractivity contribution in [3.8, 4) is 5.88 Å². The van der Waals surface area contributed by atoms with E-state index in [-0.39, 0.29) is 11.7 Å². The van der Waals surface area contributed by atoms with Crippen molar-refractivity contribution >= 4 is 28.4 Å². The van der Waals surface area contributed by atoms with Gasteiger partial charge in [0.05, 0.1) is 23.7 Å². The number of primary amides is 1. The van der Waals surface area contributed by atoms with Crippen LogP contribution < -0.4 is 10.5 Å². The number of amides is 1. The molecule has 0 aliphatic heterocycles. The summed E-state index contributed by atoms with van der Waals surface area (Å²) in [6, 6.07) is 1.62. The molecule has 0 unspecified atom stereocenters. The van der Waals surface area contributed by atoms with Gasteiger partial charge in [-0.15, -0.1) is 0 Å². The number of rotatable bonds is 4. The van der Waals surface area contributed by atoms with Gasteiger partial charge in [-0.05, 0) is 6.92 Å². The highest BCUT2D eigenvalue weighted by molar-refractivity contribution is 6.30. The summed E-state index contributed by atoms with van der Waals surface area (Å²) in [6.45, 7) is 2.32. The minimum atomic E-state index is -0.471. The Balaban J connectivity index is 2.56. The van der Waals surface area contributed by atoms with Crippen LogP contribution in [0.1, 0.15) is 6.92 Å². The molecule has 0 radical (unpaired) electrons. The number of carbonyl (C=O) groups is 1. The first-order valence-corrected chi connectivity index (χ1v) is 5.42. The van der Waals surface area contributed by atoms with E-state index >= 15 is 0 Å². The fourth-order valence-electron chi connectivity index (χ4n) is 1.53. The van der Waals surface area contributed by atoms with Crippen molar-refractivity contribution < 1.29 is 9.53 Å². The van der Waals surface area contributed by atoms with Crippen molar-refractivity contribution in [1.82, 2.24) is 14.8 Å². The maximum Gasteiger partial charge on any atom is 0.239 e. The Morgan fingerprint density at radius 1 is 1.65 bits per heavy atom. The number of nitrogens with zero attached hydrogens (tertiary/aromatic N) is 3. The van der Waals surface area contributed by atoms with Gasteiger partial charge in [0.1, 0.15) is 11.7 Å². The second-order valence-electron chi connectivity index (χ2n) is 3.38. The summed E-state index contributed by atoms with van der Waals surface area (Å²) in [5.41, 5.74) is 5.80. The summed E-state index contributed by atoms with van der Waals surface area (Å²) in [6.07, 6.45) is 1.58. The first-order chi connectivity index (χ1) is 8.11. The van der Waals surface area contributed by atoms with E-state index in [4.69, 9.17) is 22.1 Å². The third kappa shape index (κ3) is 2.31. The van der Waals surface area contributed by atoms with E-state index < -0.39 is 5.91 Å². The van der Waals surface area contributed by atoms with E-state index in [1.807, 2.05) is 6.92 Å².